The number of anilines is 1. The van der Waals surface area contributed by atoms with Gasteiger partial charge in [0.15, 0.2) is 0 Å². The molecule has 152 valence electrons. The Morgan fingerprint density at radius 1 is 1.21 bits per heavy atom. The third-order valence-electron chi connectivity index (χ3n) is 4.88. The van der Waals surface area contributed by atoms with Crippen LogP contribution in [0.2, 0.25) is 0 Å². The molecule has 0 unspecified atom stereocenters. The van der Waals surface area contributed by atoms with Crippen LogP contribution in [-0.4, -0.2) is 32.2 Å². The lowest BCUT2D eigenvalue weighted by molar-refractivity contribution is 0.380. The van der Waals surface area contributed by atoms with E-state index in [4.69, 9.17) is 0 Å². The molecule has 0 spiro atoms. The number of sulfonamides is 1. The van der Waals surface area contributed by atoms with Gasteiger partial charge in [-0.15, -0.1) is 0 Å². The molecular formula is C19H22F3N3O2S. The number of halogens is 3. The van der Waals surface area contributed by atoms with Crippen LogP contribution in [0.25, 0.3) is 10.8 Å². The number of alkyl halides is 1. The Labute approximate surface area is 162 Å². The van der Waals surface area contributed by atoms with Gasteiger partial charge < -0.3 is 5.32 Å². The van der Waals surface area contributed by atoms with Crippen LogP contribution >= 0.6 is 0 Å². The Balaban J connectivity index is 1.88. The minimum atomic E-state index is -3.86. The monoisotopic (exact) mass is 413 g/mol. The summed E-state index contributed by atoms with van der Waals surface area (Å²) in [6.45, 7) is 1.11. The minimum absolute atomic E-state index is 0.0846. The number of allylic oxidation sites excluding steroid dienone is 1. The van der Waals surface area contributed by atoms with Crippen molar-refractivity contribution < 1.29 is 21.6 Å². The van der Waals surface area contributed by atoms with Gasteiger partial charge in [0.1, 0.15) is 6.67 Å². The summed E-state index contributed by atoms with van der Waals surface area (Å²) in [6.07, 6.45) is 2.40. The molecule has 1 heterocycles. The standard InChI is InChI=1S/C19H22F3N3O2S/c1-12(10-20)24-17-6-7-18(15-8-9-23-11-16(15)17)28(26,27)25-14-4-2-13(3-5-14)19(21)22/h6-9,11-12,14,24-25H,2-5,10H2,1H3/t12-/m0/s1. The van der Waals surface area contributed by atoms with Crippen molar-refractivity contribution >= 4 is 26.5 Å². The van der Waals surface area contributed by atoms with E-state index in [1.54, 1.807) is 19.1 Å². The van der Waals surface area contributed by atoms with Crippen LogP contribution in [0, 0.1) is 0 Å². The van der Waals surface area contributed by atoms with Crippen LogP contribution < -0.4 is 10.0 Å². The van der Waals surface area contributed by atoms with Crippen molar-refractivity contribution in [1.82, 2.24) is 9.71 Å². The van der Waals surface area contributed by atoms with E-state index < -0.39 is 34.9 Å². The quantitative estimate of drug-likeness (QED) is 0.738. The Kier molecular flexibility index (Phi) is 6.24. The highest BCUT2D eigenvalue weighted by molar-refractivity contribution is 7.89. The molecule has 2 aromatic rings. The summed E-state index contributed by atoms with van der Waals surface area (Å²) in [6, 6.07) is 3.83. The minimum Gasteiger partial charge on any atom is -0.379 e. The summed E-state index contributed by atoms with van der Waals surface area (Å²) in [7, 11) is -3.86. The maximum Gasteiger partial charge on any atom is 0.269 e. The molecule has 1 atom stereocenters. The summed E-state index contributed by atoms with van der Waals surface area (Å²) in [5, 5.41) is 4.03. The van der Waals surface area contributed by atoms with Crippen LogP contribution in [0.3, 0.4) is 0 Å². The molecule has 1 aromatic heterocycles. The largest absolute Gasteiger partial charge is 0.379 e. The maximum atomic E-state index is 12.9. The van der Waals surface area contributed by atoms with Gasteiger partial charge in [0.05, 0.1) is 10.9 Å². The van der Waals surface area contributed by atoms with E-state index in [1.165, 1.54) is 18.5 Å². The first-order chi connectivity index (χ1) is 13.3. The molecule has 0 bridgehead atoms. The third-order valence-corrected chi connectivity index (χ3v) is 6.46. The van der Waals surface area contributed by atoms with E-state index in [9.17, 15) is 21.6 Å². The average Bonchev–Trinajstić information content (AvgIpc) is 2.68. The molecule has 1 saturated carbocycles. The predicted molar refractivity (Wildman–Crippen MR) is 103 cm³/mol. The first-order valence-corrected chi connectivity index (χ1v) is 10.5. The second-order valence-corrected chi connectivity index (χ2v) is 8.67. The van der Waals surface area contributed by atoms with E-state index >= 15 is 0 Å². The molecular weight excluding hydrogens is 391 g/mol. The SMILES string of the molecule is C[C@@H](CF)Nc1ccc(S(=O)(=O)NC2CCC(=C(F)F)CC2)c2ccncc12. The number of fused-ring (bicyclic) bond motifs is 1. The number of nitrogens with zero attached hydrogens (tertiary/aromatic N) is 1. The second-order valence-electron chi connectivity index (χ2n) is 6.99. The number of nitrogens with one attached hydrogen (secondary N) is 2. The van der Waals surface area contributed by atoms with E-state index in [1.807, 2.05) is 0 Å². The highest BCUT2D eigenvalue weighted by Crippen LogP contribution is 2.31. The Morgan fingerprint density at radius 2 is 1.93 bits per heavy atom. The van der Waals surface area contributed by atoms with Gasteiger partial charge in [0, 0.05) is 34.9 Å². The summed E-state index contributed by atoms with van der Waals surface area (Å²) in [5.41, 5.74) is 0.697. The fraction of sp³-hybridized carbons (Fsp3) is 0.421. The van der Waals surface area contributed by atoms with Gasteiger partial charge in [0.2, 0.25) is 10.0 Å². The lowest BCUT2D eigenvalue weighted by Gasteiger charge is -2.24. The smallest absolute Gasteiger partial charge is 0.269 e. The van der Waals surface area contributed by atoms with Gasteiger partial charge in [-0.25, -0.2) is 17.5 Å². The number of hydrogen-bond donors (Lipinski definition) is 2. The number of aromatic nitrogens is 1. The van der Waals surface area contributed by atoms with Crippen molar-refractivity contribution in [2.24, 2.45) is 0 Å². The first-order valence-electron chi connectivity index (χ1n) is 9.06. The number of rotatable bonds is 6. The summed E-state index contributed by atoms with van der Waals surface area (Å²) in [5.74, 6) is 0. The zero-order chi connectivity index (χ0) is 20.3. The normalized spacial score (nSPS) is 18.9. The molecule has 1 fully saturated rings. The van der Waals surface area contributed by atoms with E-state index in [-0.39, 0.29) is 23.3 Å². The van der Waals surface area contributed by atoms with Gasteiger partial charge in [-0.2, -0.15) is 8.78 Å². The van der Waals surface area contributed by atoms with Gasteiger partial charge in [-0.05, 0) is 56.4 Å². The Hall–Kier alpha value is -2.13. The summed E-state index contributed by atoms with van der Waals surface area (Å²) < 4.78 is 66.7. The molecule has 0 radical (unpaired) electrons. The first kappa shape index (κ1) is 20.6. The Morgan fingerprint density at radius 3 is 2.57 bits per heavy atom. The van der Waals surface area contributed by atoms with Crippen molar-refractivity contribution in [2.75, 3.05) is 12.0 Å². The molecule has 1 aliphatic rings. The van der Waals surface area contributed by atoms with Crippen LogP contribution in [0.1, 0.15) is 32.6 Å². The van der Waals surface area contributed by atoms with Crippen LogP contribution in [-0.2, 0) is 10.0 Å². The number of pyridine rings is 1. The van der Waals surface area contributed by atoms with E-state index in [0.717, 1.165) is 0 Å². The zero-order valence-electron chi connectivity index (χ0n) is 15.4. The third kappa shape index (κ3) is 4.47. The fourth-order valence-electron chi connectivity index (χ4n) is 3.38. The fourth-order valence-corrected chi connectivity index (χ4v) is 4.90. The van der Waals surface area contributed by atoms with E-state index in [2.05, 4.69) is 15.0 Å². The lowest BCUT2D eigenvalue weighted by atomic mass is 9.92. The molecule has 5 nitrogen and oxygen atoms in total. The van der Waals surface area contributed by atoms with Crippen molar-refractivity contribution in [1.29, 1.82) is 0 Å². The van der Waals surface area contributed by atoms with Crippen LogP contribution in [0.4, 0.5) is 18.9 Å². The Bertz CT molecular complexity index is 981. The molecule has 9 heteroatoms. The van der Waals surface area contributed by atoms with Crippen molar-refractivity contribution in [3.63, 3.8) is 0 Å². The maximum absolute atomic E-state index is 12.9. The summed E-state index contributed by atoms with van der Waals surface area (Å²) in [4.78, 5) is 4.13. The molecule has 1 aliphatic carbocycles. The van der Waals surface area contributed by atoms with Gasteiger partial charge in [-0.1, -0.05) is 0 Å². The highest BCUT2D eigenvalue weighted by Gasteiger charge is 2.26. The number of hydrogen-bond acceptors (Lipinski definition) is 4. The summed E-state index contributed by atoms with van der Waals surface area (Å²) >= 11 is 0. The topological polar surface area (TPSA) is 71.1 Å². The molecule has 2 N–H and O–H groups in total. The molecule has 28 heavy (non-hydrogen) atoms. The molecule has 0 aliphatic heterocycles. The van der Waals surface area contributed by atoms with Gasteiger partial charge in [0.25, 0.3) is 6.08 Å². The average molecular weight is 413 g/mol. The molecule has 3 rings (SSSR count). The van der Waals surface area contributed by atoms with Crippen LogP contribution in [0.15, 0.2) is 47.1 Å². The second kappa shape index (κ2) is 8.48. The molecule has 0 amide bonds. The van der Waals surface area contributed by atoms with Gasteiger partial charge >= 0.3 is 0 Å². The number of benzene rings is 1. The highest BCUT2D eigenvalue weighted by atomic mass is 32.2. The van der Waals surface area contributed by atoms with Crippen molar-refractivity contribution in [3.05, 3.63) is 42.2 Å². The zero-order valence-corrected chi connectivity index (χ0v) is 16.2. The van der Waals surface area contributed by atoms with Crippen LogP contribution in [0.5, 0.6) is 0 Å². The molecule has 0 saturated heterocycles. The van der Waals surface area contributed by atoms with E-state index in [0.29, 0.717) is 29.3 Å². The molecule has 1 aromatic carbocycles. The lowest BCUT2D eigenvalue weighted by Crippen LogP contribution is -2.36. The van der Waals surface area contributed by atoms with Crippen molar-refractivity contribution in [2.45, 2.75) is 49.6 Å². The van der Waals surface area contributed by atoms with Gasteiger partial charge in [-0.3, -0.25) is 4.98 Å². The predicted octanol–water partition coefficient (Wildman–Crippen LogP) is 4.38. The van der Waals surface area contributed by atoms with Crippen molar-refractivity contribution in [3.8, 4) is 0 Å².